The Kier molecular flexibility index (Phi) is 4.71. The second-order valence-electron chi connectivity index (χ2n) is 5.59. The Bertz CT molecular complexity index is 847. The number of carbonyl (C=O) groups is 2. The fourth-order valence-corrected chi connectivity index (χ4v) is 3.18. The van der Waals surface area contributed by atoms with E-state index in [9.17, 15) is 27.2 Å². The number of rotatable bonds is 4. The van der Waals surface area contributed by atoms with Gasteiger partial charge in [0.05, 0.1) is 41.1 Å². The summed E-state index contributed by atoms with van der Waals surface area (Å²) in [7, 11) is 1.03. The molecule has 0 radical (unpaired) electrons. The van der Waals surface area contributed by atoms with E-state index in [0.717, 1.165) is 19.2 Å². The van der Waals surface area contributed by atoms with Gasteiger partial charge in [-0.3, -0.25) is 0 Å². The van der Waals surface area contributed by atoms with Crippen LogP contribution in [0.25, 0.3) is 0 Å². The maximum absolute atomic E-state index is 14.1. The largest absolute Gasteiger partial charge is 0.466 e. The number of benzene rings is 1. The van der Waals surface area contributed by atoms with Crippen molar-refractivity contribution in [2.24, 2.45) is 0 Å². The molecule has 0 aliphatic carbocycles. The number of hydrogen-bond acceptors (Lipinski definition) is 5. The van der Waals surface area contributed by atoms with Crippen molar-refractivity contribution in [1.82, 2.24) is 5.32 Å². The van der Waals surface area contributed by atoms with Gasteiger partial charge in [0.1, 0.15) is 19.1 Å². The van der Waals surface area contributed by atoms with E-state index >= 15 is 0 Å². The van der Waals surface area contributed by atoms with E-state index < -0.39 is 42.3 Å². The lowest BCUT2D eigenvalue weighted by atomic mass is 9.79. The highest BCUT2D eigenvalue weighted by Crippen LogP contribution is 2.44. The number of allylic oxidation sites excluding steroid dienone is 1. The van der Waals surface area contributed by atoms with E-state index in [4.69, 9.17) is 4.74 Å². The number of hydrogen-bond donors (Lipinski definition) is 1. The number of alkyl halides is 3. The molecule has 9 heteroatoms. The lowest BCUT2D eigenvalue weighted by Gasteiger charge is -2.29. The van der Waals surface area contributed by atoms with Crippen LogP contribution >= 0.6 is 0 Å². The van der Waals surface area contributed by atoms with Crippen LogP contribution in [0.2, 0.25) is 0 Å². The van der Waals surface area contributed by atoms with Gasteiger partial charge in [-0.2, -0.15) is 0 Å². The lowest BCUT2D eigenvalue weighted by Crippen LogP contribution is -2.32. The van der Waals surface area contributed by atoms with E-state index in [-0.39, 0.29) is 34.7 Å². The molecule has 0 amide bonds. The molecule has 3 rings (SSSR count). The number of esters is 2. The summed E-state index contributed by atoms with van der Waals surface area (Å²) < 4.78 is 64.0. The Hall–Kier alpha value is -2.84. The number of ether oxygens (including phenoxy) is 2. The van der Waals surface area contributed by atoms with Gasteiger partial charge >= 0.3 is 11.9 Å². The minimum absolute atomic E-state index is 0.143. The lowest BCUT2D eigenvalue weighted by molar-refractivity contribution is -0.136. The quantitative estimate of drug-likeness (QED) is 0.651. The van der Waals surface area contributed by atoms with Gasteiger partial charge in [0.15, 0.2) is 0 Å². The van der Waals surface area contributed by atoms with Crippen molar-refractivity contribution in [2.75, 3.05) is 20.4 Å². The molecule has 5 nitrogen and oxygen atoms in total. The molecule has 0 unspecified atom stereocenters. The topological polar surface area (TPSA) is 64.6 Å². The van der Waals surface area contributed by atoms with Crippen LogP contribution in [0.5, 0.6) is 0 Å². The first-order chi connectivity index (χ1) is 12.4. The summed E-state index contributed by atoms with van der Waals surface area (Å²) in [5, 5.41) is 2.58. The molecule has 1 aromatic carbocycles. The van der Waals surface area contributed by atoms with E-state index in [1.54, 1.807) is 0 Å². The van der Waals surface area contributed by atoms with Crippen molar-refractivity contribution in [3.8, 4) is 0 Å². The van der Waals surface area contributed by atoms with Crippen molar-refractivity contribution >= 4 is 11.9 Å². The predicted molar refractivity (Wildman–Crippen MR) is 80.2 cm³/mol. The van der Waals surface area contributed by atoms with Gasteiger partial charge in [-0.25, -0.2) is 27.2 Å². The third-order valence-corrected chi connectivity index (χ3v) is 4.25. The van der Waals surface area contributed by atoms with Crippen LogP contribution in [0.3, 0.4) is 0 Å². The average molecular weight is 371 g/mol. The minimum Gasteiger partial charge on any atom is -0.466 e. The maximum atomic E-state index is 14.1. The minimum atomic E-state index is -3.21. The van der Waals surface area contributed by atoms with Crippen LogP contribution in [0.15, 0.2) is 40.7 Å². The summed E-state index contributed by atoms with van der Waals surface area (Å²) in [5.41, 5.74) is -1.91. The van der Waals surface area contributed by atoms with E-state index in [1.807, 2.05) is 0 Å². The first-order valence-corrected chi connectivity index (χ1v) is 7.51. The third-order valence-electron chi connectivity index (χ3n) is 4.25. The van der Waals surface area contributed by atoms with E-state index in [1.165, 1.54) is 6.07 Å². The van der Waals surface area contributed by atoms with Crippen molar-refractivity contribution in [2.45, 2.75) is 12.3 Å². The Morgan fingerprint density at radius 1 is 1.42 bits per heavy atom. The number of halogens is 4. The van der Waals surface area contributed by atoms with Gasteiger partial charge in [0.25, 0.3) is 6.43 Å². The molecule has 26 heavy (non-hydrogen) atoms. The Labute approximate surface area is 145 Å². The molecule has 2 heterocycles. The monoisotopic (exact) mass is 371 g/mol. The Balaban J connectivity index is 2.31. The molecule has 0 fully saturated rings. The summed E-state index contributed by atoms with van der Waals surface area (Å²) >= 11 is 0. The Morgan fingerprint density at radius 2 is 2.15 bits per heavy atom. The summed E-state index contributed by atoms with van der Waals surface area (Å²) in [6.07, 6.45) is -3.21. The SMILES string of the molecule is COC(=O)C1=C(CF)NC2=C(C(=O)OC2)[C@H]1c1cccc(F)c1C(F)F. The van der Waals surface area contributed by atoms with Crippen LogP contribution in [0.1, 0.15) is 23.5 Å². The highest BCUT2D eigenvalue weighted by Gasteiger charge is 2.44. The molecule has 0 aromatic heterocycles. The molecular formula is C17H13F4NO4. The van der Waals surface area contributed by atoms with E-state index in [2.05, 4.69) is 10.1 Å². The van der Waals surface area contributed by atoms with Gasteiger partial charge in [-0.1, -0.05) is 12.1 Å². The summed E-state index contributed by atoms with van der Waals surface area (Å²) in [6.45, 7) is -1.38. The fraction of sp³-hybridized carbons (Fsp3) is 0.294. The first kappa shape index (κ1) is 18.0. The average Bonchev–Trinajstić information content (AvgIpc) is 2.99. The van der Waals surface area contributed by atoms with Gasteiger partial charge < -0.3 is 14.8 Å². The van der Waals surface area contributed by atoms with Crippen LogP contribution in [-0.2, 0) is 19.1 Å². The van der Waals surface area contributed by atoms with Crippen LogP contribution in [0.4, 0.5) is 17.6 Å². The number of nitrogens with one attached hydrogen (secondary N) is 1. The number of dihydropyridines is 1. The van der Waals surface area contributed by atoms with Crippen LogP contribution in [-0.4, -0.2) is 32.3 Å². The summed E-state index contributed by atoms with van der Waals surface area (Å²) in [6, 6.07) is 3.17. The predicted octanol–water partition coefficient (Wildman–Crippen LogP) is 2.66. The molecule has 0 saturated heterocycles. The number of methoxy groups -OCH3 is 1. The second kappa shape index (κ2) is 6.81. The molecule has 138 valence electrons. The smallest absolute Gasteiger partial charge is 0.337 e. The third kappa shape index (κ3) is 2.73. The van der Waals surface area contributed by atoms with Crippen molar-refractivity contribution in [1.29, 1.82) is 0 Å². The van der Waals surface area contributed by atoms with Crippen molar-refractivity contribution < 1.29 is 36.6 Å². The van der Waals surface area contributed by atoms with Gasteiger partial charge in [-0.05, 0) is 11.6 Å². The zero-order valence-corrected chi connectivity index (χ0v) is 13.4. The van der Waals surface area contributed by atoms with Gasteiger partial charge in [0.2, 0.25) is 0 Å². The Morgan fingerprint density at radius 3 is 2.77 bits per heavy atom. The summed E-state index contributed by atoms with van der Waals surface area (Å²) in [4.78, 5) is 24.4. The molecule has 1 atom stereocenters. The molecule has 0 spiro atoms. The van der Waals surface area contributed by atoms with Crippen molar-refractivity contribution in [3.05, 3.63) is 57.7 Å². The number of cyclic esters (lactones) is 1. The fourth-order valence-electron chi connectivity index (χ4n) is 3.18. The summed E-state index contributed by atoms with van der Waals surface area (Å²) in [5.74, 6) is -4.51. The molecule has 0 bridgehead atoms. The van der Waals surface area contributed by atoms with Crippen LogP contribution in [0, 0.1) is 5.82 Å². The maximum Gasteiger partial charge on any atom is 0.337 e. The molecule has 1 aromatic rings. The molecule has 2 aliphatic heterocycles. The highest BCUT2D eigenvalue weighted by atomic mass is 19.3. The zero-order chi connectivity index (χ0) is 19.0. The number of carbonyl (C=O) groups excluding carboxylic acids is 2. The normalized spacial score (nSPS) is 19.5. The first-order valence-electron chi connectivity index (χ1n) is 7.51. The molecule has 0 saturated carbocycles. The molecular weight excluding hydrogens is 358 g/mol. The molecule has 1 N–H and O–H groups in total. The van der Waals surface area contributed by atoms with Gasteiger partial charge in [-0.15, -0.1) is 0 Å². The van der Waals surface area contributed by atoms with Crippen molar-refractivity contribution in [3.63, 3.8) is 0 Å². The standard InChI is InChI=1S/C17H13F4NO4/c1-25-16(23)13-9(5-18)22-10-6-26-17(24)14(10)12(13)7-3-2-4-8(19)11(7)15(20)21/h2-4,12,15,22H,5-6H2,1H3/t12-/m0/s1. The molecule has 2 aliphatic rings. The highest BCUT2D eigenvalue weighted by molar-refractivity contribution is 6.01. The van der Waals surface area contributed by atoms with E-state index in [0.29, 0.717) is 0 Å². The van der Waals surface area contributed by atoms with Crippen LogP contribution < -0.4 is 5.32 Å². The second-order valence-corrected chi connectivity index (χ2v) is 5.59. The van der Waals surface area contributed by atoms with Gasteiger partial charge in [0, 0.05) is 0 Å². The zero-order valence-electron chi connectivity index (χ0n) is 13.4.